The molecular formula is C37H52N6O6. The summed E-state index contributed by atoms with van der Waals surface area (Å²) in [6.45, 7) is 9.79. The van der Waals surface area contributed by atoms with E-state index in [1.807, 2.05) is 39.8 Å². The van der Waals surface area contributed by atoms with E-state index in [0.29, 0.717) is 32.2 Å². The van der Waals surface area contributed by atoms with Crippen molar-refractivity contribution in [2.24, 2.45) is 15.8 Å². The highest BCUT2D eigenvalue weighted by Crippen LogP contribution is 2.44. The number of likely N-dealkylation sites (tertiary alicyclic amines) is 1. The molecule has 12 nitrogen and oxygen atoms in total. The largest absolute Gasteiger partial charge is 0.446 e. The number of carbonyl (C=O) groups excluding carboxylic acids is 5. The average Bonchev–Trinajstić information content (AvgIpc) is 3.46. The summed E-state index contributed by atoms with van der Waals surface area (Å²) in [5, 5.41) is 8.46. The van der Waals surface area contributed by atoms with Crippen LogP contribution in [-0.2, 0) is 37.0 Å². The number of amides is 4. The highest BCUT2D eigenvalue weighted by Gasteiger charge is 2.54. The maximum atomic E-state index is 14.6. The molecule has 0 aromatic heterocycles. The molecule has 0 radical (unpaired) electrons. The van der Waals surface area contributed by atoms with Gasteiger partial charge in [-0.2, -0.15) is 0 Å². The van der Waals surface area contributed by atoms with Crippen LogP contribution < -0.4 is 16.0 Å². The van der Waals surface area contributed by atoms with E-state index in [2.05, 4.69) is 33.0 Å². The molecule has 0 bridgehead atoms. The fraction of sp³-hybridized carbons (Fsp3) is 0.676. The number of fused-ring (bicyclic) bond motifs is 1. The second-order valence-corrected chi connectivity index (χ2v) is 15.9. The minimum absolute atomic E-state index is 0.0133. The third kappa shape index (κ3) is 7.94. The quantitative estimate of drug-likeness (QED) is 0.321. The molecule has 5 aliphatic rings. The Kier molecular flexibility index (Phi) is 10.0. The van der Waals surface area contributed by atoms with Gasteiger partial charge in [-0.05, 0) is 67.9 Å². The van der Waals surface area contributed by atoms with Crippen molar-refractivity contribution in [3.8, 4) is 0 Å². The number of Topliss-reactive ketones (excluding diaryl/α,β-unsaturated/α-hetero) is 1. The van der Waals surface area contributed by atoms with Crippen LogP contribution in [0, 0.1) is 10.8 Å². The summed E-state index contributed by atoms with van der Waals surface area (Å²) in [7, 11) is 0. The van der Waals surface area contributed by atoms with Gasteiger partial charge in [0.05, 0.1) is 6.04 Å². The van der Waals surface area contributed by atoms with Gasteiger partial charge in [-0.1, -0.05) is 58.4 Å². The van der Waals surface area contributed by atoms with Crippen molar-refractivity contribution in [1.82, 2.24) is 25.8 Å². The van der Waals surface area contributed by atoms with Gasteiger partial charge in [0.2, 0.25) is 17.6 Å². The number of rotatable bonds is 10. The van der Waals surface area contributed by atoms with E-state index in [9.17, 15) is 24.0 Å². The maximum absolute atomic E-state index is 14.6. The molecule has 1 saturated heterocycles. The number of nitrogens with zero attached hydrogens (tertiary/aromatic N) is 3. The first-order valence-electron chi connectivity index (χ1n) is 18.1. The Hall–Kier alpha value is -3.96. The summed E-state index contributed by atoms with van der Waals surface area (Å²) in [4.78, 5) is 76.6. The Morgan fingerprint density at radius 3 is 2.29 bits per heavy atom. The maximum Gasteiger partial charge on any atom is 0.408 e. The average molecular weight is 677 g/mol. The monoisotopic (exact) mass is 676 g/mol. The number of hydrogen-bond donors (Lipinski definition) is 3. The fourth-order valence-corrected chi connectivity index (χ4v) is 7.79. The van der Waals surface area contributed by atoms with Crippen LogP contribution >= 0.6 is 0 Å². The first kappa shape index (κ1) is 34.9. The summed E-state index contributed by atoms with van der Waals surface area (Å²) in [5.41, 5.74) is 1.37. The molecule has 0 unspecified atom stereocenters. The number of aliphatic imine (C=N–C) groups is 1. The van der Waals surface area contributed by atoms with Gasteiger partial charge in [-0.25, -0.2) is 4.79 Å². The number of hydrogen-bond acceptors (Lipinski definition) is 8. The molecular weight excluding hydrogens is 624 g/mol. The molecule has 3 N–H and O–H groups in total. The molecule has 1 aromatic carbocycles. The van der Waals surface area contributed by atoms with E-state index < -0.39 is 52.6 Å². The van der Waals surface area contributed by atoms with Crippen LogP contribution in [-0.4, -0.2) is 88.6 Å². The SMILES string of the molecule is CCC[C@H](NC(=O)[C@@H]1C[C@]2(CN=C(N3Cc4ccccc4C3)C2)CN1C(=O)[C@@H](NC(=O)OC1CCCC1)C(C)(C)C)C(=O)C(=O)NC1CC1. The summed E-state index contributed by atoms with van der Waals surface area (Å²) in [6, 6.07) is 5.49. The van der Waals surface area contributed by atoms with Gasteiger partial charge in [-0.15, -0.1) is 0 Å². The molecule has 4 amide bonds. The van der Waals surface area contributed by atoms with Crippen molar-refractivity contribution in [1.29, 1.82) is 0 Å². The van der Waals surface area contributed by atoms with Crippen LogP contribution in [0.15, 0.2) is 29.3 Å². The zero-order chi connectivity index (χ0) is 34.9. The number of benzene rings is 1. The molecule has 3 heterocycles. The molecule has 6 rings (SSSR count). The molecule has 4 atom stereocenters. The lowest BCUT2D eigenvalue weighted by molar-refractivity contribution is -0.144. The summed E-state index contributed by atoms with van der Waals surface area (Å²) in [5.74, 6) is -1.24. The highest BCUT2D eigenvalue weighted by molar-refractivity contribution is 6.38. The molecule has 1 spiro atoms. The molecule has 266 valence electrons. The van der Waals surface area contributed by atoms with Gasteiger partial charge >= 0.3 is 6.09 Å². The lowest BCUT2D eigenvalue weighted by Gasteiger charge is -2.36. The van der Waals surface area contributed by atoms with Gasteiger partial charge in [0.15, 0.2) is 0 Å². The van der Waals surface area contributed by atoms with Crippen molar-refractivity contribution < 1.29 is 28.7 Å². The number of ether oxygens (including phenoxy) is 1. The number of nitrogens with one attached hydrogen (secondary N) is 3. The van der Waals surface area contributed by atoms with Gasteiger partial charge in [0, 0.05) is 44.1 Å². The van der Waals surface area contributed by atoms with Gasteiger partial charge in [-0.3, -0.25) is 24.2 Å². The zero-order valence-electron chi connectivity index (χ0n) is 29.4. The molecule has 1 aromatic rings. The van der Waals surface area contributed by atoms with E-state index in [4.69, 9.17) is 9.73 Å². The second-order valence-electron chi connectivity index (χ2n) is 15.9. The standard InChI is InChI=1S/C37H52N6O6/c1-5-10-27(30(44)33(46)39-25-15-16-25)40-32(45)28-17-37(18-29(38-21-37)42-19-23-11-6-7-12-24(23)20-42)22-43(28)34(47)31(36(2,3)4)41-35(48)49-26-13-8-9-14-26/h6-7,11-12,25-28,31H,5,8-10,13-22H2,1-4H3,(H,39,46)(H,40,45)(H,41,48)/t27-,28-,31+,37-/m0/s1. The normalized spacial score (nSPS) is 24.7. The van der Waals surface area contributed by atoms with Gasteiger partial charge in [0.25, 0.3) is 5.91 Å². The number of carbonyl (C=O) groups is 5. The number of amidine groups is 1. The van der Waals surface area contributed by atoms with E-state index in [1.165, 1.54) is 11.1 Å². The van der Waals surface area contributed by atoms with E-state index in [1.54, 1.807) is 4.90 Å². The minimum Gasteiger partial charge on any atom is -0.446 e. The van der Waals surface area contributed by atoms with Crippen LogP contribution in [0.25, 0.3) is 0 Å². The van der Waals surface area contributed by atoms with Crippen molar-refractivity contribution in [2.45, 2.75) is 135 Å². The Morgan fingerprint density at radius 2 is 1.67 bits per heavy atom. The summed E-state index contributed by atoms with van der Waals surface area (Å²) in [6.07, 6.45) is 6.34. The summed E-state index contributed by atoms with van der Waals surface area (Å²) >= 11 is 0. The number of ketones is 1. The Balaban J connectivity index is 1.22. The van der Waals surface area contributed by atoms with Crippen LogP contribution in [0.3, 0.4) is 0 Å². The number of alkyl carbamates (subject to hydrolysis) is 1. The molecule has 2 aliphatic carbocycles. The van der Waals surface area contributed by atoms with Crippen LogP contribution in [0.1, 0.15) is 103 Å². The predicted octanol–water partition coefficient (Wildman–Crippen LogP) is 3.61. The molecule has 12 heteroatoms. The van der Waals surface area contributed by atoms with Crippen molar-refractivity contribution in [2.75, 3.05) is 13.1 Å². The third-order valence-corrected chi connectivity index (χ3v) is 10.7. The van der Waals surface area contributed by atoms with Crippen molar-refractivity contribution >= 4 is 35.4 Å². The zero-order valence-corrected chi connectivity index (χ0v) is 29.4. The van der Waals surface area contributed by atoms with Crippen molar-refractivity contribution in [3.05, 3.63) is 35.4 Å². The first-order valence-corrected chi connectivity index (χ1v) is 18.1. The van der Waals surface area contributed by atoms with Crippen LogP contribution in [0.4, 0.5) is 4.79 Å². The summed E-state index contributed by atoms with van der Waals surface area (Å²) < 4.78 is 5.68. The fourth-order valence-electron chi connectivity index (χ4n) is 7.79. The molecule has 3 fully saturated rings. The van der Waals surface area contributed by atoms with Gasteiger partial charge in [0.1, 0.15) is 24.0 Å². The van der Waals surface area contributed by atoms with E-state index in [-0.39, 0.29) is 24.6 Å². The lowest BCUT2D eigenvalue weighted by atomic mass is 9.83. The van der Waals surface area contributed by atoms with Crippen LogP contribution in [0.2, 0.25) is 0 Å². The molecule has 3 aliphatic heterocycles. The predicted molar refractivity (Wildman–Crippen MR) is 183 cm³/mol. The Labute approximate surface area is 289 Å². The Bertz CT molecular complexity index is 1470. The van der Waals surface area contributed by atoms with Crippen molar-refractivity contribution in [3.63, 3.8) is 0 Å². The first-order chi connectivity index (χ1) is 23.4. The smallest absolute Gasteiger partial charge is 0.408 e. The Morgan fingerprint density at radius 1 is 1.00 bits per heavy atom. The molecule has 2 saturated carbocycles. The lowest BCUT2D eigenvalue weighted by Crippen LogP contribution is -2.59. The van der Waals surface area contributed by atoms with Gasteiger partial charge < -0.3 is 30.5 Å². The van der Waals surface area contributed by atoms with E-state index in [0.717, 1.165) is 57.5 Å². The highest BCUT2D eigenvalue weighted by atomic mass is 16.6. The van der Waals surface area contributed by atoms with Crippen LogP contribution in [0.5, 0.6) is 0 Å². The second kappa shape index (κ2) is 14.1. The van der Waals surface area contributed by atoms with E-state index >= 15 is 0 Å². The topological polar surface area (TPSA) is 150 Å². The third-order valence-electron chi connectivity index (χ3n) is 10.7. The minimum atomic E-state index is -0.999. The molecule has 49 heavy (non-hydrogen) atoms.